The van der Waals surface area contributed by atoms with Crippen LogP contribution in [0.5, 0.6) is 5.75 Å². The summed E-state index contributed by atoms with van der Waals surface area (Å²) in [6.07, 6.45) is 1.25. The van der Waals surface area contributed by atoms with Crippen LogP contribution >= 0.6 is 11.3 Å². The van der Waals surface area contributed by atoms with Gasteiger partial charge in [0.15, 0.2) is 5.75 Å². The van der Waals surface area contributed by atoms with Gasteiger partial charge >= 0.3 is 10.1 Å². The summed E-state index contributed by atoms with van der Waals surface area (Å²) in [5, 5.41) is 12.9. The summed E-state index contributed by atoms with van der Waals surface area (Å²) >= 11 is 1.31. The van der Waals surface area contributed by atoms with Gasteiger partial charge in [-0.15, -0.1) is 11.3 Å². The second kappa shape index (κ2) is 7.88. The van der Waals surface area contributed by atoms with Crippen molar-refractivity contribution in [2.24, 2.45) is 0 Å². The van der Waals surface area contributed by atoms with E-state index in [1.807, 2.05) is 0 Å². The van der Waals surface area contributed by atoms with Gasteiger partial charge in [0.2, 0.25) is 5.91 Å². The first-order valence-electron chi connectivity index (χ1n) is 9.02. The molecule has 1 amide bonds. The standard InChI is InChI=1S/C20H16N2O6S2/c23-20-4-1-11-21(20)14-5-8-16(9-6-14)30(26,27)28-18-10-7-15(22(24)25)13-17(18)19-3-2-12-29-19/h2-3,5-10,12-13H,1,4,11H2. The number of carbonyl (C=O) groups is 1. The lowest BCUT2D eigenvalue weighted by Crippen LogP contribution is -2.23. The molecule has 154 valence electrons. The molecule has 30 heavy (non-hydrogen) atoms. The molecule has 0 unspecified atom stereocenters. The zero-order valence-electron chi connectivity index (χ0n) is 15.6. The number of amides is 1. The predicted molar refractivity (Wildman–Crippen MR) is 112 cm³/mol. The molecular formula is C20H16N2O6S2. The first kappa shape index (κ1) is 20.0. The SMILES string of the molecule is O=C1CCCN1c1ccc(S(=O)(=O)Oc2ccc([N+](=O)[O-])cc2-c2cccs2)cc1. The Labute approximate surface area is 176 Å². The smallest absolute Gasteiger partial charge is 0.339 e. The number of non-ortho nitro benzene ring substituents is 1. The molecule has 1 aliphatic heterocycles. The minimum Gasteiger partial charge on any atom is -0.378 e. The van der Waals surface area contributed by atoms with Crippen molar-refractivity contribution in [2.75, 3.05) is 11.4 Å². The van der Waals surface area contributed by atoms with E-state index >= 15 is 0 Å². The van der Waals surface area contributed by atoms with Gasteiger partial charge in [-0.2, -0.15) is 8.42 Å². The normalized spacial score (nSPS) is 14.1. The van der Waals surface area contributed by atoms with E-state index in [2.05, 4.69) is 0 Å². The van der Waals surface area contributed by atoms with Crippen molar-refractivity contribution >= 4 is 38.7 Å². The number of rotatable bonds is 6. The number of nitro benzene ring substituents is 1. The van der Waals surface area contributed by atoms with Crippen molar-refractivity contribution in [3.63, 3.8) is 0 Å². The minimum atomic E-state index is -4.18. The van der Waals surface area contributed by atoms with Gasteiger partial charge in [-0.25, -0.2) is 0 Å². The van der Waals surface area contributed by atoms with Crippen LogP contribution in [-0.4, -0.2) is 25.8 Å². The molecule has 4 rings (SSSR count). The molecule has 0 atom stereocenters. The number of anilines is 1. The number of hydrogen-bond donors (Lipinski definition) is 0. The predicted octanol–water partition coefficient (Wildman–Crippen LogP) is 4.22. The topological polar surface area (TPSA) is 107 Å². The lowest BCUT2D eigenvalue weighted by Gasteiger charge is -2.16. The number of benzene rings is 2. The fraction of sp³-hybridized carbons (Fsp3) is 0.150. The molecule has 0 spiro atoms. The molecule has 10 heteroatoms. The Morgan fingerprint density at radius 1 is 1.10 bits per heavy atom. The van der Waals surface area contributed by atoms with Crippen molar-refractivity contribution in [3.8, 4) is 16.2 Å². The van der Waals surface area contributed by atoms with E-state index in [9.17, 15) is 23.3 Å². The molecular weight excluding hydrogens is 428 g/mol. The molecule has 0 N–H and O–H groups in total. The van der Waals surface area contributed by atoms with Gasteiger partial charge in [0.05, 0.1) is 4.92 Å². The molecule has 1 aliphatic rings. The zero-order chi connectivity index (χ0) is 21.3. The maximum atomic E-state index is 12.8. The highest BCUT2D eigenvalue weighted by atomic mass is 32.2. The highest BCUT2D eigenvalue weighted by Crippen LogP contribution is 2.37. The molecule has 0 radical (unpaired) electrons. The third-order valence-corrected chi connectivity index (χ3v) is 6.82. The Bertz CT molecular complexity index is 1200. The summed E-state index contributed by atoms with van der Waals surface area (Å²) in [5.41, 5.74) is 0.788. The number of thiophene rings is 1. The second-order valence-corrected chi connectivity index (χ2v) is 9.09. The summed E-state index contributed by atoms with van der Waals surface area (Å²) in [7, 11) is -4.18. The largest absolute Gasteiger partial charge is 0.378 e. The van der Waals surface area contributed by atoms with Gasteiger partial charge in [-0.1, -0.05) is 6.07 Å². The van der Waals surface area contributed by atoms with Crippen molar-refractivity contribution in [3.05, 3.63) is 70.1 Å². The average Bonchev–Trinajstić information content (AvgIpc) is 3.40. The minimum absolute atomic E-state index is 0.00171. The first-order valence-corrected chi connectivity index (χ1v) is 11.3. The van der Waals surface area contributed by atoms with E-state index in [1.54, 1.807) is 34.5 Å². The molecule has 2 aromatic carbocycles. The van der Waals surface area contributed by atoms with Crippen molar-refractivity contribution < 1.29 is 22.3 Å². The molecule has 8 nitrogen and oxygen atoms in total. The summed E-state index contributed by atoms with van der Waals surface area (Å²) in [6.45, 7) is 0.606. The van der Waals surface area contributed by atoms with Gasteiger partial charge in [0.1, 0.15) is 4.90 Å². The summed E-state index contributed by atoms with van der Waals surface area (Å²) in [6, 6.07) is 13.1. The van der Waals surface area contributed by atoms with Crippen LogP contribution < -0.4 is 9.08 Å². The average molecular weight is 444 g/mol. The Hall–Kier alpha value is -3.24. The van der Waals surface area contributed by atoms with Crippen LogP contribution in [0.3, 0.4) is 0 Å². The monoisotopic (exact) mass is 444 g/mol. The van der Waals surface area contributed by atoms with Crippen molar-refractivity contribution in [1.82, 2.24) is 0 Å². The van der Waals surface area contributed by atoms with E-state index in [-0.39, 0.29) is 22.2 Å². The zero-order valence-corrected chi connectivity index (χ0v) is 17.2. The Kier molecular flexibility index (Phi) is 5.27. The Morgan fingerprint density at radius 2 is 1.87 bits per heavy atom. The highest BCUT2D eigenvalue weighted by Gasteiger charge is 2.24. The first-order chi connectivity index (χ1) is 14.3. The lowest BCUT2D eigenvalue weighted by molar-refractivity contribution is -0.384. The molecule has 1 saturated heterocycles. The fourth-order valence-electron chi connectivity index (χ4n) is 3.21. The number of nitro groups is 1. The lowest BCUT2D eigenvalue weighted by atomic mass is 10.1. The maximum Gasteiger partial charge on any atom is 0.339 e. The van der Waals surface area contributed by atoms with Gasteiger partial charge < -0.3 is 9.08 Å². The second-order valence-electron chi connectivity index (χ2n) is 6.60. The fourth-order valence-corrected chi connectivity index (χ4v) is 4.90. The van der Waals surface area contributed by atoms with Crippen LogP contribution in [0.4, 0.5) is 11.4 Å². The Balaban J connectivity index is 1.65. The van der Waals surface area contributed by atoms with E-state index in [1.165, 1.54) is 41.7 Å². The Morgan fingerprint density at radius 3 is 2.47 bits per heavy atom. The highest BCUT2D eigenvalue weighted by molar-refractivity contribution is 7.87. The molecule has 0 bridgehead atoms. The molecule has 1 fully saturated rings. The number of carbonyl (C=O) groups excluding carboxylic acids is 1. The van der Waals surface area contributed by atoms with E-state index in [0.29, 0.717) is 29.1 Å². The molecule has 1 aromatic heterocycles. The van der Waals surface area contributed by atoms with Crippen LogP contribution in [0.25, 0.3) is 10.4 Å². The summed E-state index contributed by atoms with van der Waals surface area (Å²) < 4.78 is 31.0. The van der Waals surface area contributed by atoms with Crippen LogP contribution in [0.15, 0.2) is 64.9 Å². The van der Waals surface area contributed by atoms with Gasteiger partial charge in [-0.3, -0.25) is 14.9 Å². The molecule has 0 saturated carbocycles. The number of hydrogen-bond acceptors (Lipinski definition) is 7. The number of nitrogens with zero attached hydrogens (tertiary/aromatic N) is 2. The van der Waals surface area contributed by atoms with Crippen molar-refractivity contribution in [2.45, 2.75) is 17.7 Å². The maximum absolute atomic E-state index is 12.8. The van der Waals surface area contributed by atoms with E-state index in [4.69, 9.17) is 4.18 Å². The van der Waals surface area contributed by atoms with E-state index < -0.39 is 15.0 Å². The molecule has 2 heterocycles. The van der Waals surface area contributed by atoms with Gasteiger partial charge in [0, 0.05) is 41.2 Å². The van der Waals surface area contributed by atoms with Crippen LogP contribution in [0.2, 0.25) is 0 Å². The summed E-state index contributed by atoms with van der Waals surface area (Å²) in [4.78, 5) is 24.6. The third kappa shape index (κ3) is 3.91. The summed E-state index contributed by atoms with van der Waals surface area (Å²) in [5.74, 6) is 0.00942. The van der Waals surface area contributed by atoms with Crippen molar-refractivity contribution in [1.29, 1.82) is 0 Å². The quantitative estimate of drug-likeness (QED) is 0.320. The van der Waals surface area contributed by atoms with E-state index in [0.717, 1.165) is 6.42 Å². The van der Waals surface area contributed by atoms with Gasteiger partial charge in [-0.05, 0) is 48.2 Å². The third-order valence-electron chi connectivity index (χ3n) is 4.67. The van der Waals surface area contributed by atoms with Crippen LogP contribution in [0.1, 0.15) is 12.8 Å². The molecule has 3 aromatic rings. The molecule has 0 aliphatic carbocycles. The van der Waals surface area contributed by atoms with Gasteiger partial charge in [0.25, 0.3) is 5.69 Å². The van der Waals surface area contributed by atoms with Crippen LogP contribution in [0, 0.1) is 10.1 Å². The van der Waals surface area contributed by atoms with Crippen LogP contribution in [-0.2, 0) is 14.9 Å².